The van der Waals surface area contributed by atoms with E-state index in [-0.39, 0.29) is 11.4 Å². The number of aromatic nitrogens is 3. The smallest absolute Gasteiger partial charge is 0.277 e. The molecule has 9 heteroatoms. The van der Waals surface area contributed by atoms with Gasteiger partial charge in [-0.05, 0) is 35.7 Å². The van der Waals surface area contributed by atoms with Crippen LogP contribution in [-0.2, 0) is 22.8 Å². The number of sulfone groups is 1. The first-order valence-corrected chi connectivity index (χ1v) is 12.6. The molecule has 180 valence electrons. The molecule has 7 nitrogen and oxygen atoms in total. The van der Waals surface area contributed by atoms with Crippen molar-refractivity contribution < 1.29 is 17.9 Å². The molecule has 2 heterocycles. The highest BCUT2D eigenvalue weighted by molar-refractivity contribution is 7.91. The number of hydrogen-bond donors (Lipinski definition) is 1. The van der Waals surface area contributed by atoms with E-state index < -0.39 is 32.0 Å². The summed E-state index contributed by atoms with van der Waals surface area (Å²) >= 11 is 0. The molecule has 0 aliphatic heterocycles. The van der Waals surface area contributed by atoms with Crippen LogP contribution in [0.1, 0.15) is 31.2 Å². The summed E-state index contributed by atoms with van der Waals surface area (Å²) in [4.78, 5) is 20.4. The Morgan fingerprint density at radius 1 is 1.00 bits per heavy atom. The van der Waals surface area contributed by atoms with E-state index in [0.29, 0.717) is 23.4 Å². The third kappa shape index (κ3) is 5.14. The molecule has 0 aliphatic carbocycles. The number of benzene rings is 2. The summed E-state index contributed by atoms with van der Waals surface area (Å²) in [7, 11) is -4.40. The zero-order valence-electron chi connectivity index (χ0n) is 19.1. The van der Waals surface area contributed by atoms with Crippen LogP contribution in [0.2, 0.25) is 0 Å². The number of unbranched alkanes of at least 4 members (excludes halogenated alkanes) is 1. The van der Waals surface area contributed by atoms with Crippen LogP contribution in [0.3, 0.4) is 0 Å². The molecule has 0 bridgehead atoms. The SMILES string of the molecule is CCCCc1nc(O)c(S(=O)(=O)c2ccc(-c3cncc(F)c3)cc2)c(=O)n1Cc1ccccc1. The first kappa shape index (κ1) is 24.3. The Balaban J connectivity index is 1.79. The first-order chi connectivity index (χ1) is 16.8. The zero-order chi connectivity index (χ0) is 25.0. The van der Waals surface area contributed by atoms with Gasteiger partial charge in [-0.15, -0.1) is 0 Å². The fourth-order valence-corrected chi connectivity index (χ4v) is 5.13. The van der Waals surface area contributed by atoms with Crippen LogP contribution in [0.25, 0.3) is 11.1 Å². The Kier molecular flexibility index (Phi) is 7.07. The minimum Gasteiger partial charge on any atom is -0.492 e. The van der Waals surface area contributed by atoms with E-state index in [4.69, 9.17) is 0 Å². The summed E-state index contributed by atoms with van der Waals surface area (Å²) < 4.78 is 41.7. The standard InChI is InChI=1S/C26H24FN3O4S/c1-2-3-9-23-29-25(31)24(26(32)30(23)17-18-7-5-4-6-8-18)35(33,34)22-12-10-19(11-13-22)20-14-21(27)16-28-15-20/h4-8,10-16,31H,2-3,9,17H2,1H3. The van der Waals surface area contributed by atoms with Crippen LogP contribution in [0, 0.1) is 5.82 Å². The number of hydrogen-bond acceptors (Lipinski definition) is 6. The molecule has 0 atom stereocenters. The largest absolute Gasteiger partial charge is 0.492 e. The highest BCUT2D eigenvalue weighted by Gasteiger charge is 2.29. The molecule has 4 aromatic rings. The molecular formula is C26H24FN3O4S. The lowest BCUT2D eigenvalue weighted by molar-refractivity contribution is 0.419. The second-order valence-corrected chi connectivity index (χ2v) is 9.97. The van der Waals surface area contributed by atoms with Gasteiger partial charge in [0.15, 0.2) is 4.90 Å². The third-order valence-electron chi connectivity index (χ3n) is 5.60. The maximum absolute atomic E-state index is 13.5. The highest BCUT2D eigenvalue weighted by Crippen LogP contribution is 2.27. The molecule has 4 rings (SSSR count). The predicted molar refractivity (Wildman–Crippen MR) is 129 cm³/mol. The number of aromatic hydroxyl groups is 1. The van der Waals surface area contributed by atoms with E-state index in [9.17, 15) is 22.7 Å². The fourth-order valence-electron chi connectivity index (χ4n) is 3.77. The molecule has 2 aromatic carbocycles. The van der Waals surface area contributed by atoms with E-state index in [1.165, 1.54) is 41.1 Å². The lowest BCUT2D eigenvalue weighted by Crippen LogP contribution is -2.30. The van der Waals surface area contributed by atoms with Crippen molar-refractivity contribution in [3.05, 3.63) is 101 Å². The van der Waals surface area contributed by atoms with Crippen LogP contribution < -0.4 is 5.56 Å². The van der Waals surface area contributed by atoms with E-state index in [2.05, 4.69) is 9.97 Å². The number of halogens is 1. The maximum Gasteiger partial charge on any atom is 0.277 e. The van der Waals surface area contributed by atoms with Gasteiger partial charge in [-0.2, -0.15) is 4.98 Å². The van der Waals surface area contributed by atoms with Crippen LogP contribution in [0.5, 0.6) is 5.88 Å². The van der Waals surface area contributed by atoms with Gasteiger partial charge in [0.25, 0.3) is 5.56 Å². The molecule has 1 N–H and O–H groups in total. The summed E-state index contributed by atoms with van der Waals surface area (Å²) in [5.74, 6) is -1.01. The number of pyridine rings is 1. The second kappa shape index (κ2) is 10.2. The molecule has 35 heavy (non-hydrogen) atoms. The van der Waals surface area contributed by atoms with Gasteiger partial charge in [0.05, 0.1) is 17.6 Å². The van der Waals surface area contributed by atoms with Gasteiger partial charge in [-0.25, -0.2) is 12.8 Å². The van der Waals surface area contributed by atoms with Gasteiger partial charge in [0.1, 0.15) is 11.6 Å². The lowest BCUT2D eigenvalue weighted by atomic mass is 10.1. The average Bonchev–Trinajstić information content (AvgIpc) is 2.85. The minimum absolute atomic E-state index is 0.125. The number of rotatable bonds is 8. The summed E-state index contributed by atoms with van der Waals surface area (Å²) in [6.07, 6.45) is 4.52. The molecule has 0 aliphatic rings. The van der Waals surface area contributed by atoms with Gasteiger partial charge < -0.3 is 5.11 Å². The van der Waals surface area contributed by atoms with Crippen molar-refractivity contribution >= 4 is 9.84 Å². The second-order valence-electron chi connectivity index (χ2n) is 8.08. The highest BCUT2D eigenvalue weighted by atomic mass is 32.2. The van der Waals surface area contributed by atoms with Crippen LogP contribution in [0.4, 0.5) is 4.39 Å². The average molecular weight is 494 g/mol. The summed E-state index contributed by atoms with van der Waals surface area (Å²) in [5.41, 5.74) is 1.00. The first-order valence-electron chi connectivity index (χ1n) is 11.1. The minimum atomic E-state index is -4.40. The lowest BCUT2D eigenvalue weighted by Gasteiger charge is -2.15. The van der Waals surface area contributed by atoms with E-state index in [1.807, 2.05) is 37.3 Å². The molecule has 0 saturated heterocycles. The van der Waals surface area contributed by atoms with E-state index >= 15 is 0 Å². The van der Waals surface area contributed by atoms with Crippen LogP contribution in [0.15, 0.2) is 87.6 Å². The fraction of sp³-hybridized carbons (Fsp3) is 0.192. The summed E-state index contributed by atoms with van der Waals surface area (Å²) in [5, 5.41) is 10.6. The Hall–Kier alpha value is -3.85. The topological polar surface area (TPSA) is 102 Å². The van der Waals surface area contributed by atoms with Gasteiger partial charge in [0, 0.05) is 18.2 Å². The van der Waals surface area contributed by atoms with Crippen molar-refractivity contribution in [3.63, 3.8) is 0 Å². The van der Waals surface area contributed by atoms with Crippen molar-refractivity contribution in [2.75, 3.05) is 0 Å². The molecule has 0 amide bonds. The Bertz CT molecular complexity index is 1500. The monoisotopic (exact) mass is 493 g/mol. The normalized spacial score (nSPS) is 11.5. The van der Waals surface area contributed by atoms with Crippen molar-refractivity contribution in [1.82, 2.24) is 14.5 Å². The summed E-state index contributed by atoms with van der Waals surface area (Å²) in [6, 6.07) is 16.0. The van der Waals surface area contributed by atoms with E-state index in [1.54, 1.807) is 0 Å². The quantitative estimate of drug-likeness (QED) is 0.391. The Labute approximate surface area is 202 Å². The Morgan fingerprint density at radius 2 is 1.71 bits per heavy atom. The van der Waals surface area contributed by atoms with Gasteiger partial charge in [0.2, 0.25) is 15.7 Å². The molecular weight excluding hydrogens is 469 g/mol. The third-order valence-corrected chi connectivity index (χ3v) is 7.39. The molecule has 0 unspecified atom stereocenters. The maximum atomic E-state index is 13.5. The van der Waals surface area contributed by atoms with E-state index in [0.717, 1.165) is 24.6 Å². The van der Waals surface area contributed by atoms with Gasteiger partial charge >= 0.3 is 0 Å². The van der Waals surface area contributed by atoms with Gasteiger partial charge in [-0.3, -0.25) is 14.3 Å². The van der Waals surface area contributed by atoms with Crippen molar-refractivity contribution in [2.45, 2.75) is 42.5 Å². The van der Waals surface area contributed by atoms with Crippen molar-refractivity contribution in [1.29, 1.82) is 0 Å². The molecule has 0 saturated carbocycles. The number of aryl methyl sites for hydroxylation is 1. The zero-order valence-corrected chi connectivity index (χ0v) is 19.9. The molecule has 0 radical (unpaired) electrons. The molecule has 2 aromatic heterocycles. The molecule has 0 fully saturated rings. The van der Waals surface area contributed by atoms with Crippen molar-refractivity contribution in [3.8, 4) is 17.0 Å². The number of nitrogens with zero attached hydrogens (tertiary/aromatic N) is 3. The molecule has 0 spiro atoms. The van der Waals surface area contributed by atoms with Crippen molar-refractivity contribution in [2.24, 2.45) is 0 Å². The van der Waals surface area contributed by atoms with Gasteiger partial charge in [-0.1, -0.05) is 55.8 Å². The summed E-state index contributed by atoms with van der Waals surface area (Å²) in [6.45, 7) is 2.11. The van der Waals surface area contributed by atoms with Crippen LogP contribution in [-0.4, -0.2) is 28.1 Å². The Morgan fingerprint density at radius 3 is 2.37 bits per heavy atom. The predicted octanol–water partition coefficient (Wildman–Crippen LogP) is 4.37. The van der Waals surface area contributed by atoms with Crippen LogP contribution >= 0.6 is 0 Å².